The third-order valence-electron chi connectivity index (χ3n) is 1.70. The molecule has 0 bridgehead atoms. The Morgan fingerprint density at radius 1 is 1.14 bits per heavy atom. The van der Waals surface area contributed by atoms with E-state index in [9.17, 15) is 9.59 Å². The van der Waals surface area contributed by atoms with Gasteiger partial charge in [0.2, 0.25) is 0 Å². The smallest absolute Gasteiger partial charge is 0.313 e. The molecule has 0 fully saturated rings. The molecule has 5 heteroatoms. The Labute approximate surface area is 79.7 Å². The number of carbonyl (C=O) groups is 2. The highest BCUT2D eigenvalue weighted by atomic mass is 16.6. The van der Waals surface area contributed by atoms with Crippen LogP contribution < -0.4 is 9.47 Å². The van der Waals surface area contributed by atoms with E-state index in [1.807, 2.05) is 0 Å². The number of rotatable bonds is 0. The van der Waals surface area contributed by atoms with Gasteiger partial charge >= 0.3 is 11.9 Å². The molecule has 5 nitrogen and oxygen atoms in total. The maximum Gasteiger partial charge on any atom is 0.313 e. The average molecular weight is 193 g/mol. The van der Waals surface area contributed by atoms with Gasteiger partial charge in [0.25, 0.3) is 5.88 Å². The molecule has 1 aliphatic heterocycles. The standard InChI is InChI=1S/C9H7NO4/c11-7-3-4-8(12)14-9-6(13-7)2-1-5-10-9/h1-2,5H,3-4H2. The lowest BCUT2D eigenvalue weighted by atomic mass is 10.3. The van der Waals surface area contributed by atoms with E-state index in [0.717, 1.165) is 0 Å². The van der Waals surface area contributed by atoms with E-state index < -0.39 is 11.9 Å². The Kier molecular flexibility index (Phi) is 2.14. The second-order valence-corrected chi connectivity index (χ2v) is 2.75. The first-order valence-corrected chi connectivity index (χ1v) is 4.12. The van der Waals surface area contributed by atoms with Crippen molar-refractivity contribution in [3.8, 4) is 11.6 Å². The first kappa shape index (κ1) is 8.68. The summed E-state index contributed by atoms with van der Waals surface area (Å²) in [5.41, 5.74) is 0. The number of carbonyl (C=O) groups excluding carboxylic acids is 2. The van der Waals surface area contributed by atoms with Crippen LogP contribution in [0, 0.1) is 0 Å². The third-order valence-corrected chi connectivity index (χ3v) is 1.70. The molecular weight excluding hydrogens is 186 g/mol. The predicted octanol–water partition coefficient (Wildman–Crippen LogP) is 0.686. The average Bonchev–Trinajstić information content (AvgIpc) is 2.16. The molecule has 1 aromatic heterocycles. The summed E-state index contributed by atoms with van der Waals surface area (Å²) in [5.74, 6) is -0.686. The fourth-order valence-corrected chi connectivity index (χ4v) is 1.07. The van der Waals surface area contributed by atoms with Gasteiger partial charge in [0.15, 0.2) is 5.75 Å². The van der Waals surface area contributed by atoms with Crippen molar-refractivity contribution in [1.29, 1.82) is 0 Å². The summed E-state index contributed by atoms with van der Waals surface area (Å²) in [7, 11) is 0. The van der Waals surface area contributed by atoms with Crippen molar-refractivity contribution < 1.29 is 19.1 Å². The molecule has 72 valence electrons. The van der Waals surface area contributed by atoms with Crippen LogP contribution in [0.25, 0.3) is 0 Å². The summed E-state index contributed by atoms with van der Waals surface area (Å²) >= 11 is 0. The van der Waals surface area contributed by atoms with Gasteiger partial charge in [-0.3, -0.25) is 9.59 Å². The molecule has 0 N–H and O–H groups in total. The summed E-state index contributed by atoms with van der Waals surface area (Å²) in [5, 5.41) is 0. The van der Waals surface area contributed by atoms with Gasteiger partial charge in [-0.25, -0.2) is 4.98 Å². The summed E-state index contributed by atoms with van der Waals surface area (Å²) in [6.45, 7) is 0. The second-order valence-electron chi connectivity index (χ2n) is 2.75. The van der Waals surface area contributed by atoms with Gasteiger partial charge in [-0.2, -0.15) is 0 Å². The number of pyridine rings is 1. The minimum absolute atomic E-state index is 0.0227. The molecule has 0 unspecified atom stereocenters. The van der Waals surface area contributed by atoms with Crippen molar-refractivity contribution in [3.63, 3.8) is 0 Å². The van der Waals surface area contributed by atoms with Crippen LogP contribution in [0.15, 0.2) is 18.3 Å². The lowest BCUT2D eigenvalue weighted by molar-refractivity contribution is -0.142. The maximum absolute atomic E-state index is 11.1. The van der Waals surface area contributed by atoms with Crippen molar-refractivity contribution in [1.82, 2.24) is 4.98 Å². The number of hydrogen-bond donors (Lipinski definition) is 0. The van der Waals surface area contributed by atoms with E-state index in [1.165, 1.54) is 12.3 Å². The lowest BCUT2D eigenvalue weighted by Crippen LogP contribution is -2.18. The number of nitrogens with zero attached hydrogens (tertiary/aromatic N) is 1. The molecule has 0 aliphatic carbocycles. The Balaban J connectivity index is 2.37. The van der Waals surface area contributed by atoms with E-state index in [-0.39, 0.29) is 24.5 Å². The molecule has 0 atom stereocenters. The van der Waals surface area contributed by atoms with Gasteiger partial charge < -0.3 is 9.47 Å². The zero-order chi connectivity index (χ0) is 9.97. The highest BCUT2D eigenvalue weighted by molar-refractivity contribution is 5.82. The fraction of sp³-hybridized carbons (Fsp3) is 0.222. The lowest BCUT2D eigenvalue weighted by Gasteiger charge is -2.11. The van der Waals surface area contributed by atoms with Crippen LogP contribution in [0.4, 0.5) is 0 Å². The van der Waals surface area contributed by atoms with E-state index in [2.05, 4.69) is 4.98 Å². The highest BCUT2D eigenvalue weighted by Crippen LogP contribution is 2.25. The van der Waals surface area contributed by atoms with E-state index in [0.29, 0.717) is 0 Å². The largest absolute Gasteiger partial charge is 0.421 e. The zero-order valence-corrected chi connectivity index (χ0v) is 7.23. The van der Waals surface area contributed by atoms with Gasteiger partial charge in [0, 0.05) is 6.20 Å². The number of esters is 2. The number of fused-ring (bicyclic) bond motifs is 1. The minimum atomic E-state index is -0.471. The van der Waals surface area contributed by atoms with E-state index >= 15 is 0 Å². The van der Waals surface area contributed by atoms with Crippen LogP contribution in [0.5, 0.6) is 11.6 Å². The molecule has 0 amide bonds. The first-order valence-electron chi connectivity index (χ1n) is 4.12. The van der Waals surface area contributed by atoms with Gasteiger partial charge in [-0.05, 0) is 12.1 Å². The molecule has 0 spiro atoms. The topological polar surface area (TPSA) is 65.5 Å². The summed E-state index contributed by atoms with van der Waals surface area (Å²) in [6, 6.07) is 3.13. The van der Waals surface area contributed by atoms with Crippen LogP contribution in [0.3, 0.4) is 0 Å². The highest BCUT2D eigenvalue weighted by Gasteiger charge is 2.19. The summed E-state index contributed by atoms with van der Waals surface area (Å²) < 4.78 is 9.76. The van der Waals surface area contributed by atoms with Crippen LogP contribution in [-0.4, -0.2) is 16.9 Å². The maximum atomic E-state index is 11.1. The van der Waals surface area contributed by atoms with Crippen LogP contribution in [0.2, 0.25) is 0 Å². The Hall–Kier alpha value is -1.91. The third kappa shape index (κ3) is 1.71. The van der Waals surface area contributed by atoms with Crippen LogP contribution >= 0.6 is 0 Å². The minimum Gasteiger partial charge on any atom is -0.421 e. The van der Waals surface area contributed by atoms with Gasteiger partial charge in [0.1, 0.15) is 0 Å². The quantitative estimate of drug-likeness (QED) is 0.567. The molecule has 2 heterocycles. The molecular formula is C9H7NO4. The monoisotopic (exact) mass is 193 g/mol. The molecule has 0 saturated heterocycles. The molecule has 14 heavy (non-hydrogen) atoms. The fourth-order valence-electron chi connectivity index (χ4n) is 1.07. The molecule has 2 rings (SSSR count). The van der Waals surface area contributed by atoms with Crippen molar-refractivity contribution in [2.75, 3.05) is 0 Å². The van der Waals surface area contributed by atoms with Gasteiger partial charge in [-0.1, -0.05) is 0 Å². The van der Waals surface area contributed by atoms with Crippen molar-refractivity contribution in [2.45, 2.75) is 12.8 Å². The van der Waals surface area contributed by atoms with Crippen molar-refractivity contribution in [2.24, 2.45) is 0 Å². The SMILES string of the molecule is O=C1CCC(=O)Oc2ncccc2O1. The molecule has 0 aromatic carbocycles. The number of aromatic nitrogens is 1. The Morgan fingerprint density at radius 3 is 2.64 bits per heavy atom. The normalized spacial score (nSPS) is 16.0. The van der Waals surface area contributed by atoms with Crippen molar-refractivity contribution in [3.05, 3.63) is 18.3 Å². The number of ether oxygens (including phenoxy) is 2. The first-order chi connectivity index (χ1) is 6.75. The molecule has 0 saturated carbocycles. The van der Waals surface area contributed by atoms with Crippen molar-refractivity contribution >= 4 is 11.9 Å². The Bertz CT molecular complexity index is 351. The summed E-state index contributed by atoms with van der Waals surface area (Å²) in [6.07, 6.45) is 1.52. The van der Waals surface area contributed by atoms with E-state index in [1.54, 1.807) is 6.07 Å². The van der Waals surface area contributed by atoms with Gasteiger partial charge in [0.05, 0.1) is 12.8 Å². The number of hydrogen-bond acceptors (Lipinski definition) is 5. The second kappa shape index (κ2) is 3.45. The van der Waals surface area contributed by atoms with E-state index in [4.69, 9.17) is 9.47 Å². The molecule has 1 aliphatic rings. The van der Waals surface area contributed by atoms with Crippen LogP contribution in [-0.2, 0) is 9.59 Å². The molecule has 1 aromatic rings. The zero-order valence-electron chi connectivity index (χ0n) is 7.23. The van der Waals surface area contributed by atoms with Crippen LogP contribution in [0.1, 0.15) is 12.8 Å². The van der Waals surface area contributed by atoms with Gasteiger partial charge in [-0.15, -0.1) is 0 Å². The molecule has 0 radical (unpaired) electrons. The summed E-state index contributed by atoms with van der Waals surface area (Å²) in [4.78, 5) is 25.9. The predicted molar refractivity (Wildman–Crippen MR) is 44.7 cm³/mol. The Morgan fingerprint density at radius 2 is 1.86 bits per heavy atom.